The molecule has 0 amide bonds. The summed E-state index contributed by atoms with van der Waals surface area (Å²) in [4.78, 5) is 4.16. The summed E-state index contributed by atoms with van der Waals surface area (Å²) in [6.45, 7) is 0. The molecule has 0 radical (unpaired) electrons. The minimum atomic E-state index is 1.09. The lowest BCUT2D eigenvalue weighted by Gasteiger charge is -1.94. The molecule has 0 spiro atoms. The average molecular weight is 169 g/mol. The van der Waals surface area contributed by atoms with Gasteiger partial charge in [0, 0.05) is 6.20 Å². The lowest BCUT2D eigenvalue weighted by molar-refractivity contribution is 1.14. The zero-order valence-corrected chi connectivity index (χ0v) is 7.41. The standard InChI is InChI=1S/C6H8BNS2/c7-5-9-10-6-3-1-2-4-8-6/h1-4H,5,7H2. The van der Waals surface area contributed by atoms with Crippen LogP contribution >= 0.6 is 21.6 Å². The Kier molecular flexibility index (Phi) is 3.76. The van der Waals surface area contributed by atoms with Crippen molar-refractivity contribution in [1.82, 2.24) is 4.98 Å². The quantitative estimate of drug-likeness (QED) is 0.501. The fourth-order valence-electron chi connectivity index (χ4n) is 0.516. The van der Waals surface area contributed by atoms with Crippen LogP contribution in [-0.2, 0) is 0 Å². The molecule has 0 aliphatic rings. The van der Waals surface area contributed by atoms with E-state index in [1.807, 2.05) is 35.2 Å². The van der Waals surface area contributed by atoms with Gasteiger partial charge < -0.3 is 0 Å². The Morgan fingerprint density at radius 1 is 1.50 bits per heavy atom. The van der Waals surface area contributed by atoms with Crippen molar-refractivity contribution in [2.45, 2.75) is 5.03 Å². The van der Waals surface area contributed by atoms with E-state index < -0.39 is 0 Å². The van der Waals surface area contributed by atoms with Crippen molar-refractivity contribution >= 4 is 29.4 Å². The summed E-state index contributed by atoms with van der Waals surface area (Å²) >= 11 is 0. The molecular weight excluding hydrogens is 161 g/mol. The largest absolute Gasteiger partial charge is 0.249 e. The van der Waals surface area contributed by atoms with Crippen molar-refractivity contribution in [2.75, 3.05) is 5.65 Å². The number of hydrogen-bond acceptors (Lipinski definition) is 3. The molecule has 0 atom stereocenters. The van der Waals surface area contributed by atoms with Crippen LogP contribution in [0.2, 0.25) is 0 Å². The highest BCUT2D eigenvalue weighted by atomic mass is 33.1. The molecule has 0 saturated carbocycles. The summed E-state index contributed by atoms with van der Waals surface area (Å²) in [6, 6.07) is 5.96. The Morgan fingerprint density at radius 3 is 3.00 bits per heavy atom. The van der Waals surface area contributed by atoms with E-state index in [1.165, 1.54) is 0 Å². The van der Waals surface area contributed by atoms with Crippen molar-refractivity contribution in [1.29, 1.82) is 0 Å². The predicted molar refractivity (Wildman–Crippen MR) is 51.1 cm³/mol. The normalized spacial score (nSPS) is 9.60. The molecule has 0 aliphatic heterocycles. The molecule has 0 fully saturated rings. The maximum absolute atomic E-state index is 4.16. The van der Waals surface area contributed by atoms with E-state index in [1.54, 1.807) is 10.8 Å². The van der Waals surface area contributed by atoms with Gasteiger partial charge in [-0.3, -0.25) is 0 Å². The number of aromatic nitrogens is 1. The minimum absolute atomic E-state index is 1.09. The molecule has 0 saturated heterocycles. The fourth-order valence-corrected chi connectivity index (χ4v) is 2.00. The number of nitrogens with zero attached hydrogens (tertiary/aromatic N) is 1. The average Bonchev–Trinajstić information content (AvgIpc) is 2.03. The lowest BCUT2D eigenvalue weighted by Crippen LogP contribution is -1.74. The third-order valence-corrected chi connectivity index (χ3v) is 3.24. The minimum Gasteiger partial charge on any atom is -0.249 e. The first-order valence-corrected chi connectivity index (χ1v) is 5.46. The van der Waals surface area contributed by atoms with Crippen LogP contribution in [0.1, 0.15) is 0 Å². The van der Waals surface area contributed by atoms with Gasteiger partial charge in [-0.05, 0) is 28.6 Å². The summed E-state index contributed by atoms with van der Waals surface area (Å²) in [5.41, 5.74) is 1.13. The molecule has 1 nitrogen and oxygen atoms in total. The monoisotopic (exact) mass is 169 g/mol. The van der Waals surface area contributed by atoms with Gasteiger partial charge in [-0.25, -0.2) is 4.98 Å². The van der Waals surface area contributed by atoms with Crippen molar-refractivity contribution in [3.8, 4) is 0 Å². The van der Waals surface area contributed by atoms with Gasteiger partial charge in [0.15, 0.2) is 0 Å². The second kappa shape index (κ2) is 4.69. The molecule has 0 unspecified atom stereocenters. The highest BCUT2D eigenvalue weighted by Crippen LogP contribution is 2.27. The maximum Gasteiger partial charge on any atom is 0.115 e. The van der Waals surface area contributed by atoms with Crippen LogP contribution in [0.5, 0.6) is 0 Å². The Balaban J connectivity index is 2.43. The van der Waals surface area contributed by atoms with E-state index >= 15 is 0 Å². The Morgan fingerprint density at radius 2 is 2.40 bits per heavy atom. The molecular formula is C6H8BNS2. The van der Waals surface area contributed by atoms with E-state index in [4.69, 9.17) is 0 Å². The second-order valence-electron chi connectivity index (χ2n) is 1.66. The van der Waals surface area contributed by atoms with Crippen LogP contribution in [0, 0.1) is 0 Å². The molecule has 4 heteroatoms. The molecule has 0 aromatic carbocycles. The first-order valence-electron chi connectivity index (χ1n) is 3.14. The zero-order valence-electron chi connectivity index (χ0n) is 5.78. The Labute approximate surface area is 69.8 Å². The molecule has 0 aliphatic carbocycles. The lowest BCUT2D eigenvalue weighted by atomic mass is 10.2. The predicted octanol–water partition coefficient (Wildman–Crippen LogP) is 1.41. The van der Waals surface area contributed by atoms with Crippen molar-refractivity contribution in [2.24, 2.45) is 0 Å². The molecule has 1 rings (SSSR count). The van der Waals surface area contributed by atoms with Crippen LogP contribution in [0.4, 0.5) is 0 Å². The summed E-state index contributed by atoms with van der Waals surface area (Å²) in [6.07, 6.45) is 1.82. The van der Waals surface area contributed by atoms with Crippen LogP contribution in [0.25, 0.3) is 0 Å². The topological polar surface area (TPSA) is 12.9 Å². The number of hydrogen-bond donors (Lipinski definition) is 0. The summed E-state index contributed by atoms with van der Waals surface area (Å²) in [5, 5.41) is 1.09. The van der Waals surface area contributed by atoms with Gasteiger partial charge >= 0.3 is 0 Å². The van der Waals surface area contributed by atoms with E-state index in [2.05, 4.69) is 12.8 Å². The van der Waals surface area contributed by atoms with Crippen molar-refractivity contribution < 1.29 is 0 Å². The van der Waals surface area contributed by atoms with Crippen LogP contribution < -0.4 is 0 Å². The Hall–Kier alpha value is -0.0851. The molecule has 52 valence electrons. The van der Waals surface area contributed by atoms with Gasteiger partial charge in [0.05, 0.1) is 0 Å². The van der Waals surface area contributed by atoms with Crippen molar-refractivity contribution in [3.63, 3.8) is 0 Å². The van der Waals surface area contributed by atoms with E-state index in [0.717, 1.165) is 10.7 Å². The summed E-state index contributed by atoms with van der Waals surface area (Å²) in [7, 11) is 5.68. The molecule has 0 bridgehead atoms. The van der Waals surface area contributed by atoms with Gasteiger partial charge in [0.25, 0.3) is 0 Å². The van der Waals surface area contributed by atoms with Crippen LogP contribution in [0.15, 0.2) is 29.4 Å². The first-order chi connectivity index (χ1) is 4.93. The summed E-state index contributed by atoms with van der Waals surface area (Å²) < 4.78 is 0. The highest BCUT2D eigenvalue weighted by molar-refractivity contribution is 8.76. The number of rotatable bonds is 3. The van der Waals surface area contributed by atoms with Crippen LogP contribution in [0.3, 0.4) is 0 Å². The van der Waals surface area contributed by atoms with Gasteiger partial charge in [-0.2, -0.15) is 0 Å². The fraction of sp³-hybridized carbons (Fsp3) is 0.167. The maximum atomic E-state index is 4.16. The molecule has 1 heterocycles. The molecule has 0 N–H and O–H groups in total. The Bertz CT molecular complexity index is 180. The SMILES string of the molecule is BCSSc1ccccn1. The van der Waals surface area contributed by atoms with E-state index in [0.29, 0.717) is 0 Å². The van der Waals surface area contributed by atoms with Crippen molar-refractivity contribution in [3.05, 3.63) is 24.4 Å². The third-order valence-electron chi connectivity index (χ3n) is 0.900. The third kappa shape index (κ3) is 2.67. The zero-order chi connectivity index (χ0) is 7.23. The smallest absolute Gasteiger partial charge is 0.115 e. The molecule has 10 heavy (non-hydrogen) atoms. The van der Waals surface area contributed by atoms with Gasteiger partial charge in [-0.1, -0.05) is 16.9 Å². The molecule has 1 aromatic heterocycles. The van der Waals surface area contributed by atoms with Gasteiger partial charge in [0.1, 0.15) is 12.9 Å². The van der Waals surface area contributed by atoms with E-state index in [-0.39, 0.29) is 0 Å². The summed E-state index contributed by atoms with van der Waals surface area (Å²) in [5.74, 6) is 0. The van der Waals surface area contributed by atoms with Gasteiger partial charge in [0.2, 0.25) is 0 Å². The van der Waals surface area contributed by atoms with E-state index in [9.17, 15) is 0 Å². The van der Waals surface area contributed by atoms with Crippen LogP contribution in [-0.4, -0.2) is 18.5 Å². The molecule has 1 aromatic rings. The van der Waals surface area contributed by atoms with Gasteiger partial charge in [-0.15, -0.1) is 0 Å². The second-order valence-corrected chi connectivity index (χ2v) is 4.26. The number of pyridine rings is 1. The highest BCUT2D eigenvalue weighted by Gasteiger charge is 1.90. The first kappa shape index (κ1) is 8.02.